The molecule has 2 heterocycles. The molecule has 0 saturated carbocycles. The van der Waals surface area contributed by atoms with Crippen molar-refractivity contribution in [2.45, 2.75) is 34.1 Å². The van der Waals surface area contributed by atoms with Crippen LogP contribution in [0.25, 0.3) is 5.82 Å². The van der Waals surface area contributed by atoms with E-state index >= 15 is 0 Å². The first-order valence-electron chi connectivity index (χ1n) is 6.50. The molecule has 0 atom stereocenters. The zero-order chi connectivity index (χ0) is 14.9. The maximum absolute atomic E-state index is 8.96. The van der Waals surface area contributed by atoms with Crippen molar-refractivity contribution in [3.63, 3.8) is 0 Å². The van der Waals surface area contributed by atoms with E-state index < -0.39 is 0 Å². The molecule has 0 radical (unpaired) electrons. The van der Waals surface area contributed by atoms with Gasteiger partial charge in [-0.1, -0.05) is 12.1 Å². The van der Waals surface area contributed by atoms with Crippen molar-refractivity contribution in [3.8, 4) is 5.82 Å². The molecule has 2 rings (SSSR count). The lowest BCUT2D eigenvalue weighted by Gasteiger charge is -2.11. The molecular weight excluding hydrogens is 254 g/mol. The molecule has 2 aromatic rings. The molecule has 0 fully saturated rings. The summed E-state index contributed by atoms with van der Waals surface area (Å²) in [5, 5.41) is 16.6. The SMILES string of the molecule is CCc1c(C)nn(-c2nccc(C)c2/C(N)=N/O)c1C. The summed E-state index contributed by atoms with van der Waals surface area (Å²) < 4.78 is 1.76. The van der Waals surface area contributed by atoms with Gasteiger partial charge < -0.3 is 10.9 Å². The number of hydrogen-bond acceptors (Lipinski definition) is 4. The van der Waals surface area contributed by atoms with Crippen molar-refractivity contribution < 1.29 is 5.21 Å². The van der Waals surface area contributed by atoms with Crippen LogP contribution in [-0.2, 0) is 6.42 Å². The van der Waals surface area contributed by atoms with E-state index in [1.165, 1.54) is 5.56 Å². The zero-order valence-electron chi connectivity index (χ0n) is 12.2. The molecule has 0 aromatic carbocycles. The molecule has 3 N–H and O–H groups in total. The van der Waals surface area contributed by atoms with Crippen molar-refractivity contribution in [2.75, 3.05) is 0 Å². The van der Waals surface area contributed by atoms with E-state index in [1.54, 1.807) is 10.9 Å². The van der Waals surface area contributed by atoms with Crippen LogP contribution in [0, 0.1) is 20.8 Å². The molecule has 6 nitrogen and oxygen atoms in total. The van der Waals surface area contributed by atoms with Crippen LogP contribution >= 0.6 is 0 Å². The van der Waals surface area contributed by atoms with Crippen LogP contribution < -0.4 is 5.73 Å². The van der Waals surface area contributed by atoms with E-state index in [9.17, 15) is 0 Å². The average molecular weight is 273 g/mol. The summed E-state index contributed by atoms with van der Waals surface area (Å²) in [5.74, 6) is 0.622. The maximum atomic E-state index is 8.96. The normalized spacial score (nSPS) is 11.9. The molecule has 20 heavy (non-hydrogen) atoms. The maximum Gasteiger partial charge on any atom is 0.174 e. The molecule has 0 unspecified atom stereocenters. The third kappa shape index (κ3) is 2.13. The monoisotopic (exact) mass is 273 g/mol. The quantitative estimate of drug-likeness (QED) is 0.386. The van der Waals surface area contributed by atoms with E-state index in [0.29, 0.717) is 11.4 Å². The van der Waals surface area contributed by atoms with Gasteiger partial charge in [0.2, 0.25) is 0 Å². The first kappa shape index (κ1) is 14.0. The summed E-state index contributed by atoms with van der Waals surface area (Å²) in [5.41, 5.74) is 10.5. The number of pyridine rings is 1. The molecule has 2 aromatic heterocycles. The number of aryl methyl sites for hydroxylation is 2. The number of hydrogen-bond donors (Lipinski definition) is 2. The predicted octanol–water partition coefficient (Wildman–Crippen LogP) is 1.85. The fourth-order valence-electron chi connectivity index (χ4n) is 2.46. The third-order valence-electron chi connectivity index (χ3n) is 3.50. The Balaban J connectivity index is 2.74. The van der Waals surface area contributed by atoms with Crippen molar-refractivity contribution in [1.29, 1.82) is 0 Å². The lowest BCUT2D eigenvalue weighted by molar-refractivity contribution is 0.318. The predicted molar refractivity (Wildman–Crippen MR) is 77.5 cm³/mol. The van der Waals surface area contributed by atoms with Crippen LogP contribution in [0.1, 0.15) is 35.0 Å². The number of oxime groups is 1. The summed E-state index contributed by atoms with van der Waals surface area (Å²) >= 11 is 0. The summed E-state index contributed by atoms with van der Waals surface area (Å²) in [6.45, 7) is 7.96. The summed E-state index contributed by atoms with van der Waals surface area (Å²) in [6, 6.07) is 1.82. The Morgan fingerprint density at radius 2 is 2.10 bits per heavy atom. The highest BCUT2D eigenvalue weighted by Crippen LogP contribution is 2.21. The van der Waals surface area contributed by atoms with Crippen molar-refractivity contribution in [3.05, 3.63) is 40.3 Å². The fourth-order valence-corrected chi connectivity index (χ4v) is 2.46. The minimum Gasteiger partial charge on any atom is -0.409 e. The zero-order valence-corrected chi connectivity index (χ0v) is 12.2. The van der Waals surface area contributed by atoms with Crippen molar-refractivity contribution in [2.24, 2.45) is 10.9 Å². The van der Waals surface area contributed by atoms with Gasteiger partial charge in [0.05, 0.1) is 11.3 Å². The highest BCUT2D eigenvalue weighted by Gasteiger charge is 2.18. The second kappa shape index (κ2) is 5.32. The van der Waals surface area contributed by atoms with Crippen LogP contribution in [0.5, 0.6) is 0 Å². The molecule has 0 amide bonds. The van der Waals surface area contributed by atoms with Gasteiger partial charge in [0.1, 0.15) is 0 Å². The van der Waals surface area contributed by atoms with Gasteiger partial charge in [-0.05, 0) is 44.4 Å². The Bertz CT molecular complexity index is 672. The molecule has 106 valence electrons. The van der Waals surface area contributed by atoms with Gasteiger partial charge in [0, 0.05) is 11.9 Å². The van der Waals surface area contributed by atoms with Gasteiger partial charge in [-0.25, -0.2) is 9.67 Å². The van der Waals surface area contributed by atoms with E-state index in [0.717, 1.165) is 23.4 Å². The number of rotatable bonds is 3. The second-order valence-corrected chi connectivity index (χ2v) is 4.73. The Hall–Kier alpha value is -2.37. The lowest BCUT2D eigenvalue weighted by Crippen LogP contribution is -2.20. The van der Waals surface area contributed by atoms with Crippen LogP contribution in [0.3, 0.4) is 0 Å². The van der Waals surface area contributed by atoms with Gasteiger partial charge in [0.15, 0.2) is 11.7 Å². The van der Waals surface area contributed by atoms with Crippen molar-refractivity contribution >= 4 is 5.84 Å². The summed E-state index contributed by atoms with van der Waals surface area (Å²) in [6.07, 6.45) is 2.60. The molecule has 0 aliphatic heterocycles. The average Bonchev–Trinajstić information content (AvgIpc) is 2.72. The number of amidine groups is 1. The Labute approximate surface area is 117 Å². The molecular formula is C14H19N5O. The Kier molecular flexibility index (Phi) is 3.74. The number of nitrogens with two attached hydrogens (primary N) is 1. The molecule has 0 aliphatic carbocycles. The van der Waals surface area contributed by atoms with Gasteiger partial charge in [-0.2, -0.15) is 5.10 Å². The Morgan fingerprint density at radius 1 is 1.40 bits per heavy atom. The first-order valence-corrected chi connectivity index (χ1v) is 6.50. The van der Waals surface area contributed by atoms with Gasteiger partial charge >= 0.3 is 0 Å². The van der Waals surface area contributed by atoms with E-state index in [4.69, 9.17) is 10.9 Å². The first-order chi connectivity index (χ1) is 9.51. The second-order valence-electron chi connectivity index (χ2n) is 4.73. The largest absolute Gasteiger partial charge is 0.409 e. The molecule has 0 aliphatic rings. The topological polar surface area (TPSA) is 89.3 Å². The van der Waals surface area contributed by atoms with Crippen LogP contribution in [0.2, 0.25) is 0 Å². The fraction of sp³-hybridized carbons (Fsp3) is 0.357. The van der Waals surface area contributed by atoms with Crippen LogP contribution in [-0.4, -0.2) is 25.8 Å². The van der Waals surface area contributed by atoms with Crippen molar-refractivity contribution in [1.82, 2.24) is 14.8 Å². The van der Waals surface area contributed by atoms with Gasteiger partial charge in [0.25, 0.3) is 0 Å². The van der Waals surface area contributed by atoms with Gasteiger partial charge in [-0.15, -0.1) is 0 Å². The van der Waals surface area contributed by atoms with Crippen LogP contribution in [0.4, 0.5) is 0 Å². The summed E-state index contributed by atoms with van der Waals surface area (Å²) in [4.78, 5) is 4.36. The third-order valence-corrected chi connectivity index (χ3v) is 3.50. The molecule has 0 spiro atoms. The standard InChI is InChI=1S/C14H19N5O/c1-5-11-9(3)17-19(10(11)4)14-12(13(15)18-20)8(2)6-7-16-14/h6-7,20H,5H2,1-4H3,(H2,15,18). The summed E-state index contributed by atoms with van der Waals surface area (Å²) in [7, 11) is 0. The molecule has 6 heteroatoms. The number of nitrogens with zero attached hydrogens (tertiary/aromatic N) is 4. The number of aromatic nitrogens is 3. The Morgan fingerprint density at radius 3 is 2.65 bits per heavy atom. The van der Waals surface area contributed by atoms with Crippen LogP contribution in [0.15, 0.2) is 17.4 Å². The van der Waals surface area contributed by atoms with Gasteiger partial charge in [-0.3, -0.25) is 0 Å². The highest BCUT2D eigenvalue weighted by atomic mass is 16.4. The van der Waals surface area contributed by atoms with E-state index in [2.05, 4.69) is 22.2 Å². The molecule has 0 saturated heterocycles. The van der Waals surface area contributed by atoms with E-state index in [-0.39, 0.29) is 5.84 Å². The highest BCUT2D eigenvalue weighted by molar-refractivity contribution is 6.01. The lowest BCUT2D eigenvalue weighted by atomic mass is 10.1. The minimum atomic E-state index is 0.0381. The molecule has 0 bridgehead atoms. The van der Waals surface area contributed by atoms with E-state index in [1.807, 2.05) is 26.8 Å². The smallest absolute Gasteiger partial charge is 0.174 e. The minimum absolute atomic E-state index is 0.0381.